The molecule has 16 heavy (non-hydrogen) atoms. The second kappa shape index (κ2) is 5.18. The molecule has 1 aliphatic rings. The van der Waals surface area contributed by atoms with Gasteiger partial charge in [-0.25, -0.2) is 5.01 Å². The van der Waals surface area contributed by atoms with Crippen LogP contribution in [0.3, 0.4) is 0 Å². The second-order valence-electron chi connectivity index (χ2n) is 4.21. The quantitative estimate of drug-likeness (QED) is 0.680. The van der Waals surface area contributed by atoms with Crippen molar-refractivity contribution in [2.75, 3.05) is 13.1 Å². The lowest BCUT2D eigenvalue weighted by atomic mass is 10.1. The molecule has 0 aromatic heterocycles. The molecule has 1 fully saturated rings. The van der Waals surface area contributed by atoms with E-state index in [0.717, 1.165) is 18.7 Å². The summed E-state index contributed by atoms with van der Waals surface area (Å²) in [7, 11) is 0. The normalized spacial score (nSPS) is 17.5. The fourth-order valence-corrected chi connectivity index (χ4v) is 1.93. The van der Waals surface area contributed by atoms with Crippen LogP contribution in [0, 0.1) is 0 Å². The largest absolute Gasteiger partial charge is 0.504 e. The van der Waals surface area contributed by atoms with Crippen molar-refractivity contribution in [3.8, 4) is 11.5 Å². The highest BCUT2D eigenvalue weighted by Crippen LogP contribution is 2.24. The average molecular weight is 222 g/mol. The number of phenols is 2. The Hall–Kier alpha value is -1.26. The van der Waals surface area contributed by atoms with Crippen molar-refractivity contribution in [3.63, 3.8) is 0 Å². The number of aromatic hydroxyl groups is 2. The van der Waals surface area contributed by atoms with Crippen molar-refractivity contribution in [2.24, 2.45) is 0 Å². The maximum atomic E-state index is 9.35. The van der Waals surface area contributed by atoms with Gasteiger partial charge < -0.3 is 10.2 Å². The Morgan fingerprint density at radius 1 is 1.06 bits per heavy atom. The van der Waals surface area contributed by atoms with Gasteiger partial charge in [0.1, 0.15) is 0 Å². The third-order valence-corrected chi connectivity index (χ3v) is 2.90. The Morgan fingerprint density at radius 3 is 2.50 bits per heavy atom. The van der Waals surface area contributed by atoms with Gasteiger partial charge in [-0.05, 0) is 30.5 Å². The first-order chi connectivity index (χ1) is 7.75. The van der Waals surface area contributed by atoms with Crippen LogP contribution in [0.5, 0.6) is 11.5 Å². The standard InChI is InChI=1S/C12H18N2O2/c15-11-5-4-10(8-12(11)16)9-13-14-6-2-1-3-7-14/h4-5,8,13,15-16H,1-3,6-7,9H2. The number of hydrogen-bond donors (Lipinski definition) is 3. The lowest BCUT2D eigenvalue weighted by Crippen LogP contribution is -2.41. The highest BCUT2D eigenvalue weighted by molar-refractivity contribution is 5.40. The third-order valence-electron chi connectivity index (χ3n) is 2.90. The summed E-state index contributed by atoms with van der Waals surface area (Å²) in [6.07, 6.45) is 3.81. The van der Waals surface area contributed by atoms with Gasteiger partial charge in [0.2, 0.25) is 0 Å². The van der Waals surface area contributed by atoms with E-state index in [2.05, 4.69) is 10.4 Å². The zero-order chi connectivity index (χ0) is 11.4. The first-order valence-electron chi connectivity index (χ1n) is 5.75. The molecule has 0 atom stereocenters. The van der Waals surface area contributed by atoms with Gasteiger partial charge in [-0.15, -0.1) is 0 Å². The number of phenolic OH excluding ortho intramolecular Hbond substituents is 2. The zero-order valence-corrected chi connectivity index (χ0v) is 9.32. The molecule has 1 heterocycles. The molecule has 1 aromatic rings. The van der Waals surface area contributed by atoms with Gasteiger partial charge in [0.25, 0.3) is 0 Å². The molecular formula is C12H18N2O2. The van der Waals surface area contributed by atoms with Gasteiger partial charge in [-0.1, -0.05) is 12.5 Å². The number of rotatable bonds is 3. The summed E-state index contributed by atoms with van der Waals surface area (Å²) in [5.74, 6) is -0.125. The summed E-state index contributed by atoms with van der Waals surface area (Å²) in [6.45, 7) is 2.86. The van der Waals surface area contributed by atoms with Crippen molar-refractivity contribution in [2.45, 2.75) is 25.8 Å². The minimum absolute atomic E-state index is 0.0575. The van der Waals surface area contributed by atoms with Crippen LogP contribution in [-0.4, -0.2) is 28.3 Å². The van der Waals surface area contributed by atoms with Crippen LogP contribution in [0.2, 0.25) is 0 Å². The predicted octanol–water partition coefficient (Wildman–Crippen LogP) is 1.59. The van der Waals surface area contributed by atoms with E-state index in [9.17, 15) is 10.2 Å². The van der Waals surface area contributed by atoms with E-state index in [1.54, 1.807) is 6.07 Å². The summed E-state index contributed by atoms with van der Waals surface area (Å²) >= 11 is 0. The molecule has 1 aromatic carbocycles. The van der Waals surface area contributed by atoms with Gasteiger partial charge in [-0.2, -0.15) is 0 Å². The number of piperidine rings is 1. The molecule has 3 N–H and O–H groups in total. The Kier molecular flexibility index (Phi) is 3.64. The average Bonchev–Trinajstić information content (AvgIpc) is 2.32. The van der Waals surface area contributed by atoms with E-state index in [1.165, 1.54) is 25.3 Å². The van der Waals surface area contributed by atoms with Crippen molar-refractivity contribution < 1.29 is 10.2 Å². The Labute approximate surface area is 95.5 Å². The molecular weight excluding hydrogens is 204 g/mol. The minimum Gasteiger partial charge on any atom is -0.504 e. The molecule has 0 radical (unpaired) electrons. The van der Waals surface area contributed by atoms with Gasteiger partial charge in [-0.3, -0.25) is 5.43 Å². The summed E-state index contributed by atoms with van der Waals surface area (Å²) in [4.78, 5) is 0. The first-order valence-corrected chi connectivity index (χ1v) is 5.75. The Balaban J connectivity index is 1.86. The fourth-order valence-electron chi connectivity index (χ4n) is 1.93. The predicted molar refractivity (Wildman–Crippen MR) is 62.0 cm³/mol. The number of nitrogens with one attached hydrogen (secondary N) is 1. The number of nitrogens with zero attached hydrogens (tertiary/aromatic N) is 1. The molecule has 0 spiro atoms. The highest BCUT2D eigenvalue weighted by Gasteiger charge is 2.09. The lowest BCUT2D eigenvalue weighted by Gasteiger charge is -2.27. The van der Waals surface area contributed by atoms with Gasteiger partial charge in [0, 0.05) is 19.6 Å². The van der Waals surface area contributed by atoms with Crippen LogP contribution < -0.4 is 5.43 Å². The van der Waals surface area contributed by atoms with Crippen LogP contribution in [0.25, 0.3) is 0 Å². The molecule has 0 aliphatic carbocycles. The Bertz CT molecular complexity index is 349. The number of hydrogen-bond acceptors (Lipinski definition) is 4. The molecule has 0 saturated carbocycles. The van der Waals surface area contributed by atoms with E-state index in [4.69, 9.17) is 0 Å². The SMILES string of the molecule is Oc1ccc(CNN2CCCCC2)cc1O. The van der Waals surface area contributed by atoms with Crippen molar-refractivity contribution >= 4 is 0 Å². The zero-order valence-electron chi connectivity index (χ0n) is 9.32. The molecule has 1 aliphatic heterocycles. The molecule has 0 amide bonds. The van der Waals surface area contributed by atoms with Crippen LogP contribution in [0.1, 0.15) is 24.8 Å². The minimum atomic E-state index is -0.0678. The van der Waals surface area contributed by atoms with Crippen LogP contribution in [0.4, 0.5) is 0 Å². The second-order valence-corrected chi connectivity index (χ2v) is 4.21. The molecule has 0 bridgehead atoms. The molecule has 1 saturated heterocycles. The van der Waals surface area contributed by atoms with E-state index >= 15 is 0 Å². The van der Waals surface area contributed by atoms with Gasteiger partial charge in [0.05, 0.1) is 0 Å². The summed E-state index contributed by atoms with van der Waals surface area (Å²) in [5.41, 5.74) is 4.30. The van der Waals surface area contributed by atoms with E-state index in [-0.39, 0.29) is 11.5 Å². The van der Waals surface area contributed by atoms with Crippen molar-refractivity contribution in [1.29, 1.82) is 0 Å². The molecule has 4 heteroatoms. The molecule has 88 valence electrons. The first kappa shape index (κ1) is 11.2. The lowest BCUT2D eigenvalue weighted by molar-refractivity contribution is 0.151. The fraction of sp³-hybridized carbons (Fsp3) is 0.500. The monoisotopic (exact) mass is 222 g/mol. The topological polar surface area (TPSA) is 55.7 Å². The van der Waals surface area contributed by atoms with Crippen molar-refractivity contribution in [3.05, 3.63) is 23.8 Å². The maximum Gasteiger partial charge on any atom is 0.157 e. The van der Waals surface area contributed by atoms with Crippen LogP contribution in [0.15, 0.2) is 18.2 Å². The highest BCUT2D eigenvalue weighted by atomic mass is 16.3. The number of hydrazine groups is 1. The van der Waals surface area contributed by atoms with Crippen LogP contribution >= 0.6 is 0 Å². The molecule has 0 unspecified atom stereocenters. The van der Waals surface area contributed by atoms with Crippen LogP contribution in [-0.2, 0) is 6.54 Å². The smallest absolute Gasteiger partial charge is 0.157 e. The van der Waals surface area contributed by atoms with Crippen molar-refractivity contribution in [1.82, 2.24) is 10.4 Å². The summed E-state index contributed by atoms with van der Waals surface area (Å²) in [5, 5.41) is 20.7. The third kappa shape index (κ3) is 2.87. The van der Waals surface area contributed by atoms with Gasteiger partial charge in [0.15, 0.2) is 11.5 Å². The van der Waals surface area contributed by atoms with E-state index in [1.807, 2.05) is 6.07 Å². The maximum absolute atomic E-state index is 9.35. The summed E-state index contributed by atoms with van der Waals surface area (Å²) < 4.78 is 0. The summed E-state index contributed by atoms with van der Waals surface area (Å²) in [6, 6.07) is 4.92. The van der Waals surface area contributed by atoms with E-state index in [0.29, 0.717) is 6.54 Å². The Morgan fingerprint density at radius 2 is 1.81 bits per heavy atom. The molecule has 4 nitrogen and oxygen atoms in total. The number of benzene rings is 1. The van der Waals surface area contributed by atoms with Gasteiger partial charge >= 0.3 is 0 Å². The molecule has 2 rings (SSSR count). The van der Waals surface area contributed by atoms with E-state index < -0.39 is 0 Å².